The summed E-state index contributed by atoms with van der Waals surface area (Å²) in [6.07, 6.45) is -10.5. The van der Waals surface area contributed by atoms with Gasteiger partial charge in [0.15, 0.2) is 29.6 Å². The van der Waals surface area contributed by atoms with Gasteiger partial charge in [-0.05, 0) is 48.5 Å². The number of benzene rings is 2. The molecule has 17 heteroatoms. The Balaban J connectivity index is 1.65. The number of nitrogen functional groups attached to an aromatic ring is 1. The predicted octanol–water partition coefficient (Wildman–Crippen LogP) is 3.61. The van der Waals surface area contributed by atoms with Crippen LogP contribution in [-0.4, -0.2) is 59.8 Å². The van der Waals surface area contributed by atoms with Crippen molar-refractivity contribution in [2.24, 2.45) is 0 Å². The summed E-state index contributed by atoms with van der Waals surface area (Å²) < 4.78 is 91.1. The summed E-state index contributed by atoms with van der Waals surface area (Å²) in [7, 11) is 2.89. The normalized spacial score (nSPS) is 22.5. The van der Waals surface area contributed by atoms with E-state index in [0.29, 0.717) is 22.3 Å². The lowest BCUT2D eigenvalue weighted by molar-refractivity contribution is -0.183. The predicted molar refractivity (Wildman–Crippen MR) is 140 cm³/mol. The van der Waals surface area contributed by atoms with E-state index in [0.717, 1.165) is 0 Å². The molecular formula is C24H24F4N3O8PS. The number of rotatable bonds is 11. The molecule has 3 aromatic rings. The number of methoxy groups -OCH3 is 2. The molecule has 0 radical (unpaired) electrons. The molecular weight excluding hydrogens is 597 g/mol. The molecule has 3 N–H and O–H groups in total. The molecule has 222 valence electrons. The Morgan fingerprint density at radius 2 is 1.56 bits per heavy atom. The quantitative estimate of drug-likeness (QED) is 0.240. The average molecular weight is 622 g/mol. The number of alkyl halides is 3. The number of ether oxygens (including phenoxy) is 3. The SMILES string of the molecule is COc1ccc(OP(=S)(OC[C@@]2(C(F)F)O[C@@H](n3cc(F)c(N)nc3=O)[C@H](O)C2F)Oc2ccc(OC)cc2)cc1. The highest BCUT2D eigenvalue weighted by Gasteiger charge is 2.63. The van der Waals surface area contributed by atoms with Crippen LogP contribution in [0.1, 0.15) is 6.23 Å². The largest absolute Gasteiger partial charge is 0.497 e. The van der Waals surface area contributed by atoms with Crippen molar-refractivity contribution in [1.82, 2.24) is 9.55 Å². The van der Waals surface area contributed by atoms with Crippen LogP contribution in [0, 0.1) is 5.82 Å². The molecule has 1 fully saturated rings. The Hall–Kier alpha value is -3.43. The van der Waals surface area contributed by atoms with Crippen molar-refractivity contribution in [3.63, 3.8) is 0 Å². The molecule has 11 nitrogen and oxygen atoms in total. The number of nitrogens with two attached hydrogens (primary N) is 1. The monoisotopic (exact) mass is 621 g/mol. The van der Waals surface area contributed by atoms with Crippen LogP contribution in [-0.2, 0) is 21.1 Å². The third-order valence-electron chi connectivity index (χ3n) is 5.98. The van der Waals surface area contributed by atoms with Gasteiger partial charge in [-0.2, -0.15) is 4.98 Å². The molecule has 1 aromatic heterocycles. The number of halogens is 4. The van der Waals surface area contributed by atoms with Gasteiger partial charge in [0.05, 0.1) is 27.0 Å². The Morgan fingerprint density at radius 3 is 2.02 bits per heavy atom. The fraction of sp³-hybridized carbons (Fsp3) is 0.333. The van der Waals surface area contributed by atoms with Crippen LogP contribution in [0.4, 0.5) is 23.4 Å². The molecule has 4 rings (SSSR count). The van der Waals surface area contributed by atoms with Gasteiger partial charge in [0.25, 0.3) is 6.43 Å². The Kier molecular flexibility index (Phi) is 9.09. The second-order valence-electron chi connectivity index (χ2n) is 8.57. The molecule has 0 spiro atoms. The van der Waals surface area contributed by atoms with E-state index in [-0.39, 0.29) is 11.5 Å². The zero-order chi connectivity index (χ0) is 29.9. The van der Waals surface area contributed by atoms with Crippen molar-refractivity contribution in [3.05, 3.63) is 71.0 Å². The first-order chi connectivity index (χ1) is 19.4. The lowest BCUT2D eigenvalue weighted by Gasteiger charge is -2.32. The maximum Gasteiger partial charge on any atom is 0.435 e. The first kappa shape index (κ1) is 30.5. The van der Waals surface area contributed by atoms with Gasteiger partial charge < -0.3 is 34.1 Å². The van der Waals surface area contributed by atoms with Crippen LogP contribution in [0.5, 0.6) is 23.0 Å². The summed E-state index contributed by atoms with van der Waals surface area (Å²) in [5.74, 6) is -0.856. The summed E-state index contributed by atoms with van der Waals surface area (Å²) in [4.78, 5) is 15.4. The van der Waals surface area contributed by atoms with Crippen LogP contribution < -0.4 is 29.9 Å². The van der Waals surface area contributed by atoms with E-state index < -0.39 is 61.2 Å². The molecule has 1 unspecified atom stereocenters. The van der Waals surface area contributed by atoms with Crippen LogP contribution in [0.3, 0.4) is 0 Å². The molecule has 2 aromatic carbocycles. The Bertz CT molecular complexity index is 1410. The molecule has 0 bridgehead atoms. The highest BCUT2D eigenvalue weighted by Crippen LogP contribution is 2.53. The maximum atomic E-state index is 15.4. The van der Waals surface area contributed by atoms with Crippen molar-refractivity contribution in [3.8, 4) is 23.0 Å². The van der Waals surface area contributed by atoms with E-state index in [1.54, 1.807) is 0 Å². The van der Waals surface area contributed by atoms with Gasteiger partial charge >= 0.3 is 12.4 Å². The summed E-state index contributed by atoms with van der Waals surface area (Å²) >= 11 is 5.47. The second-order valence-corrected chi connectivity index (χ2v) is 11.4. The molecule has 0 amide bonds. The molecule has 0 aliphatic carbocycles. The van der Waals surface area contributed by atoms with Gasteiger partial charge in [0.2, 0.25) is 0 Å². The van der Waals surface area contributed by atoms with E-state index in [1.807, 2.05) is 0 Å². The standard InChI is InChI=1S/C24H24F4N3O8PS/c1-34-13-3-7-15(8-4-13)38-40(41,39-16-9-5-14(35-2)6-10-16)36-12-24(22(27)28)19(26)18(32)21(37-24)31-11-17(25)20(29)30-23(31)33/h3-11,18-19,21-22,32H,12H2,1-2H3,(H2,29,30,33)/t18-,19?,21-,24-/m1/s1. The van der Waals surface area contributed by atoms with Crippen LogP contribution >= 0.6 is 6.72 Å². The van der Waals surface area contributed by atoms with Crippen molar-refractivity contribution in [1.29, 1.82) is 0 Å². The molecule has 4 atom stereocenters. The summed E-state index contributed by atoms with van der Waals surface area (Å²) in [5, 5.41) is 10.4. The number of nitrogens with zero attached hydrogens (tertiary/aromatic N) is 2. The minimum atomic E-state index is -4.07. The van der Waals surface area contributed by atoms with Crippen LogP contribution in [0.15, 0.2) is 59.5 Å². The third kappa shape index (κ3) is 6.41. The Labute approximate surface area is 235 Å². The number of anilines is 1. The van der Waals surface area contributed by atoms with E-state index in [4.69, 9.17) is 45.3 Å². The molecule has 41 heavy (non-hydrogen) atoms. The van der Waals surface area contributed by atoms with Crippen molar-refractivity contribution < 1.29 is 50.5 Å². The van der Waals surface area contributed by atoms with E-state index in [2.05, 4.69) is 4.98 Å². The zero-order valence-electron chi connectivity index (χ0n) is 21.4. The van der Waals surface area contributed by atoms with Gasteiger partial charge in [-0.25, -0.2) is 22.4 Å². The minimum Gasteiger partial charge on any atom is -0.497 e. The number of aliphatic hydroxyl groups is 1. The summed E-state index contributed by atoms with van der Waals surface area (Å²) in [6.45, 7) is -5.38. The molecule has 1 aliphatic rings. The second kappa shape index (κ2) is 12.2. The molecule has 2 heterocycles. The van der Waals surface area contributed by atoms with E-state index in [1.165, 1.54) is 62.8 Å². The third-order valence-corrected chi connectivity index (χ3v) is 8.06. The van der Waals surface area contributed by atoms with E-state index in [9.17, 15) is 23.1 Å². The number of aromatic nitrogens is 2. The van der Waals surface area contributed by atoms with Crippen LogP contribution in [0.25, 0.3) is 0 Å². The lowest BCUT2D eigenvalue weighted by atomic mass is 9.98. The Morgan fingerprint density at radius 1 is 1.07 bits per heavy atom. The zero-order valence-corrected chi connectivity index (χ0v) is 23.1. The van der Waals surface area contributed by atoms with Crippen molar-refractivity contribution in [2.75, 3.05) is 26.6 Å². The maximum absolute atomic E-state index is 15.4. The first-order valence-corrected chi connectivity index (χ1v) is 14.2. The fourth-order valence-electron chi connectivity index (χ4n) is 3.79. The highest BCUT2D eigenvalue weighted by molar-refractivity contribution is 8.07. The number of aliphatic hydroxyl groups excluding tert-OH is 1. The molecule has 0 saturated carbocycles. The van der Waals surface area contributed by atoms with Crippen molar-refractivity contribution >= 4 is 24.3 Å². The van der Waals surface area contributed by atoms with Gasteiger partial charge in [0.1, 0.15) is 29.1 Å². The smallest absolute Gasteiger partial charge is 0.435 e. The van der Waals surface area contributed by atoms with Gasteiger partial charge in [-0.1, -0.05) is 0 Å². The van der Waals surface area contributed by atoms with Gasteiger partial charge in [-0.15, -0.1) is 0 Å². The van der Waals surface area contributed by atoms with Crippen LogP contribution in [0.2, 0.25) is 0 Å². The number of hydrogen-bond donors (Lipinski definition) is 2. The summed E-state index contributed by atoms with van der Waals surface area (Å²) in [6, 6.07) is 11.9. The summed E-state index contributed by atoms with van der Waals surface area (Å²) in [5.41, 5.74) is 0.781. The van der Waals surface area contributed by atoms with Gasteiger partial charge in [-0.3, -0.25) is 9.09 Å². The highest BCUT2D eigenvalue weighted by atomic mass is 32.5. The molecule has 1 aliphatic heterocycles. The topological polar surface area (TPSA) is 137 Å². The lowest BCUT2D eigenvalue weighted by Crippen LogP contribution is -2.50. The minimum absolute atomic E-state index is 0.103. The first-order valence-electron chi connectivity index (χ1n) is 11.7. The number of hydrogen-bond acceptors (Lipinski definition) is 11. The van der Waals surface area contributed by atoms with Crippen molar-refractivity contribution in [2.45, 2.75) is 30.5 Å². The van der Waals surface area contributed by atoms with E-state index >= 15 is 4.39 Å². The fourth-order valence-corrected chi connectivity index (χ4v) is 5.72. The average Bonchev–Trinajstić information content (AvgIpc) is 3.21. The molecule has 1 saturated heterocycles. The van der Waals surface area contributed by atoms with Gasteiger partial charge in [0, 0.05) is 11.8 Å².